The van der Waals surface area contributed by atoms with Gasteiger partial charge in [-0.25, -0.2) is 13.6 Å². The van der Waals surface area contributed by atoms with Gasteiger partial charge in [-0.2, -0.15) is 0 Å². The molecule has 2 rings (SSSR count). The lowest BCUT2D eigenvalue weighted by atomic mass is 10.2. The first-order chi connectivity index (χ1) is 8.79. The molecule has 0 bridgehead atoms. The quantitative estimate of drug-likeness (QED) is 0.855. The summed E-state index contributed by atoms with van der Waals surface area (Å²) in [5.74, 6) is -0.211. The van der Waals surface area contributed by atoms with Gasteiger partial charge in [0.15, 0.2) is 0 Å². The summed E-state index contributed by atoms with van der Waals surface area (Å²) in [5, 5.41) is 4.28. The maximum atomic E-state index is 11.8. The lowest BCUT2D eigenvalue weighted by molar-refractivity contribution is -0.117. The van der Waals surface area contributed by atoms with E-state index in [1.807, 2.05) is 31.1 Å². The van der Waals surface area contributed by atoms with Crippen molar-refractivity contribution in [2.45, 2.75) is 11.7 Å². The zero-order chi connectivity index (χ0) is 14.2. The first-order valence-corrected chi connectivity index (χ1v) is 7.49. The minimum atomic E-state index is -3.67. The maximum absolute atomic E-state index is 11.8. The van der Waals surface area contributed by atoms with Gasteiger partial charge >= 0.3 is 0 Å². The van der Waals surface area contributed by atoms with Crippen LogP contribution in [-0.4, -0.2) is 40.2 Å². The molecular weight excluding hydrogens is 266 g/mol. The number of primary sulfonamides is 1. The Morgan fingerprint density at radius 3 is 2.26 bits per heavy atom. The molecule has 1 aliphatic heterocycles. The second kappa shape index (κ2) is 4.82. The molecule has 0 radical (unpaired) electrons. The average Bonchev–Trinajstić information content (AvgIpc) is 2.71. The summed E-state index contributed by atoms with van der Waals surface area (Å²) in [4.78, 5) is 15.3. The fraction of sp³-hybridized carbons (Fsp3) is 0.417. The van der Waals surface area contributed by atoms with E-state index in [1.165, 1.54) is 4.90 Å². The molecule has 1 aliphatic rings. The number of hydrogen-bond donors (Lipinski definition) is 1. The highest BCUT2D eigenvalue weighted by molar-refractivity contribution is 7.89. The van der Waals surface area contributed by atoms with Crippen LogP contribution in [0.5, 0.6) is 0 Å². The van der Waals surface area contributed by atoms with Gasteiger partial charge in [-0.3, -0.25) is 4.79 Å². The first kappa shape index (κ1) is 13.8. The Morgan fingerprint density at radius 1 is 1.26 bits per heavy atom. The van der Waals surface area contributed by atoms with Crippen molar-refractivity contribution in [3.8, 4) is 0 Å². The topological polar surface area (TPSA) is 83.7 Å². The first-order valence-electron chi connectivity index (χ1n) is 5.88. The zero-order valence-electron chi connectivity index (χ0n) is 10.9. The van der Waals surface area contributed by atoms with Crippen LogP contribution in [-0.2, 0) is 14.8 Å². The molecule has 7 heteroatoms. The van der Waals surface area contributed by atoms with Crippen molar-refractivity contribution in [3.63, 3.8) is 0 Å². The molecule has 0 spiro atoms. The van der Waals surface area contributed by atoms with Crippen LogP contribution in [0.3, 0.4) is 0 Å². The fourth-order valence-electron chi connectivity index (χ4n) is 2.08. The Balaban J connectivity index is 2.21. The predicted octanol–water partition coefficient (Wildman–Crippen LogP) is 0.146. The third-order valence-electron chi connectivity index (χ3n) is 3.23. The zero-order valence-corrected chi connectivity index (χ0v) is 11.7. The maximum Gasteiger partial charge on any atom is 0.228 e. The van der Waals surface area contributed by atoms with Crippen molar-refractivity contribution in [3.05, 3.63) is 24.3 Å². The highest BCUT2D eigenvalue weighted by Crippen LogP contribution is 2.25. The summed E-state index contributed by atoms with van der Waals surface area (Å²) in [5.41, 5.74) is 1.71. The SMILES string of the molecule is CN(C)c1ccc(N2CC(S(N)(=O)=O)CC2=O)cc1. The molecule has 0 aromatic heterocycles. The van der Waals surface area contributed by atoms with E-state index in [2.05, 4.69) is 0 Å². The number of benzene rings is 1. The summed E-state index contributed by atoms with van der Waals surface area (Å²) in [6, 6.07) is 7.37. The molecule has 2 N–H and O–H groups in total. The smallest absolute Gasteiger partial charge is 0.228 e. The normalized spacial score (nSPS) is 19.8. The fourth-order valence-corrected chi connectivity index (χ4v) is 2.81. The number of hydrogen-bond acceptors (Lipinski definition) is 4. The van der Waals surface area contributed by atoms with Gasteiger partial charge in [0.1, 0.15) is 5.25 Å². The highest BCUT2D eigenvalue weighted by Gasteiger charge is 2.37. The monoisotopic (exact) mass is 283 g/mol. The van der Waals surface area contributed by atoms with E-state index in [9.17, 15) is 13.2 Å². The largest absolute Gasteiger partial charge is 0.378 e. The van der Waals surface area contributed by atoms with Gasteiger partial charge in [0.25, 0.3) is 0 Å². The molecule has 1 fully saturated rings. The van der Waals surface area contributed by atoms with E-state index in [-0.39, 0.29) is 18.9 Å². The van der Waals surface area contributed by atoms with Crippen molar-refractivity contribution in [1.29, 1.82) is 0 Å². The lowest BCUT2D eigenvalue weighted by Crippen LogP contribution is -2.32. The molecule has 1 aromatic rings. The van der Waals surface area contributed by atoms with E-state index in [0.29, 0.717) is 5.69 Å². The van der Waals surface area contributed by atoms with E-state index >= 15 is 0 Å². The van der Waals surface area contributed by atoms with Crippen molar-refractivity contribution in [1.82, 2.24) is 0 Å². The molecule has 1 unspecified atom stereocenters. The highest BCUT2D eigenvalue weighted by atomic mass is 32.2. The number of carbonyl (C=O) groups is 1. The molecule has 1 atom stereocenters. The molecular formula is C12H17N3O3S. The van der Waals surface area contributed by atoms with Gasteiger partial charge in [-0.15, -0.1) is 0 Å². The number of sulfonamides is 1. The van der Waals surface area contributed by atoms with Gasteiger partial charge < -0.3 is 9.80 Å². The number of nitrogens with zero attached hydrogens (tertiary/aromatic N) is 2. The second-order valence-corrected chi connectivity index (χ2v) is 6.68. The van der Waals surface area contributed by atoms with Crippen molar-refractivity contribution >= 4 is 27.3 Å². The third-order valence-corrected chi connectivity index (χ3v) is 4.48. The van der Waals surface area contributed by atoms with Gasteiger partial charge in [0, 0.05) is 38.4 Å². The Hall–Kier alpha value is -1.60. The molecule has 0 aliphatic carbocycles. The van der Waals surface area contributed by atoms with Gasteiger partial charge in [0.05, 0.1) is 0 Å². The molecule has 104 valence electrons. The second-order valence-electron chi connectivity index (χ2n) is 4.83. The summed E-state index contributed by atoms with van der Waals surface area (Å²) in [7, 11) is 0.179. The third kappa shape index (κ3) is 2.87. The summed E-state index contributed by atoms with van der Waals surface area (Å²) < 4.78 is 22.6. The van der Waals surface area contributed by atoms with Crippen LogP contribution < -0.4 is 14.9 Å². The number of carbonyl (C=O) groups excluding carboxylic acids is 1. The Bertz CT molecular complexity index is 581. The lowest BCUT2D eigenvalue weighted by Gasteiger charge is -2.18. The minimum Gasteiger partial charge on any atom is -0.378 e. The number of anilines is 2. The van der Waals surface area contributed by atoms with Gasteiger partial charge in [-0.05, 0) is 24.3 Å². The number of amides is 1. The van der Waals surface area contributed by atoms with Gasteiger partial charge in [-0.1, -0.05) is 0 Å². The van der Waals surface area contributed by atoms with E-state index in [0.717, 1.165) is 5.69 Å². The minimum absolute atomic E-state index is 0.0474. The van der Waals surface area contributed by atoms with Crippen LogP contribution >= 0.6 is 0 Å². The predicted molar refractivity (Wildman–Crippen MR) is 74.6 cm³/mol. The van der Waals surface area contributed by atoms with Crippen molar-refractivity contribution in [2.75, 3.05) is 30.4 Å². The molecule has 1 amide bonds. The van der Waals surface area contributed by atoms with Crippen LogP contribution in [0.15, 0.2) is 24.3 Å². The van der Waals surface area contributed by atoms with Crippen LogP contribution in [0, 0.1) is 0 Å². The van der Waals surface area contributed by atoms with E-state index in [1.54, 1.807) is 12.1 Å². The van der Waals surface area contributed by atoms with Crippen LogP contribution in [0.25, 0.3) is 0 Å². The summed E-state index contributed by atoms with van der Waals surface area (Å²) in [6.07, 6.45) is -0.0474. The molecule has 6 nitrogen and oxygen atoms in total. The molecule has 19 heavy (non-hydrogen) atoms. The summed E-state index contributed by atoms with van der Waals surface area (Å²) >= 11 is 0. The Morgan fingerprint density at radius 2 is 1.84 bits per heavy atom. The van der Waals surface area contributed by atoms with Crippen LogP contribution in [0.2, 0.25) is 0 Å². The Labute approximate surface area is 112 Å². The molecule has 1 aromatic carbocycles. The number of nitrogens with two attached hydrogens (primary N) is 1. The molecule has 1 saturated heterocycles. The Kier molecular flexibility index (Phi) is 3.51. The standard InChI is InChI=1S/C12H17N3O3S/c1-14(2)9-3-5-10(6-4-9)15-8-11(7-12(15)16)19(13,17)18/h3-6,11H,7-8H2,1-2H3,(H2,13,17,18). The van der Waals surface area contributed by atoms with Crippen molar-refractivity contribution in [2.24, 2.45) is 5.14 Å². The van der Waals surface area contributed by atoms with E-state index < -0.39 is 15.3 Å². The summed E-state index contributed by atoms with van der Waals surface area (Å²) in [6.45, 7) is 0.124. The molecule has 0 saturated carbocycles. The van der Waals surface area contributed by atoms with Gasteiger partial charge in [0.2, 0.25) is 15.9 Å². The van der Waals surface area contributed by atoms with Crippen LogP contribution in [0.1, 0.15) is 6.42 Å². The van der Waals surface area contributed by atoms with Crippen LogP contribution in [0.4, 0.5) is 11.4 Å². The molecule has 1 heterocycles. The van der Waals surface area contributed by atoms with Crippen molar-refractivity contribution < 1.29 is 13.2 Å². The number of rotatable bonds is 3. The van der Waals surface area contributed by atoms with E-state index in [4.69, 9.17) is 5.14 Å². The average molecular weight is 283 g/mol.